The molecule has 2 N–H and O–H groups in total. The summed E-state index contributed by atoms with van der Waals surface area (Å²) in [4.78, 5) is 11.9. The van der Waals surface area contributed by atoms with Gasteiger partial charge in [-0.3, -0.25) is 9.89 Å². The lowest BCUT2D eigenvalue weighted by atomic mass is 9.97. The number of likely N-dealkylation sites (tertiary alicyclic amines) is 1. The Morgan fingerprint density at radius 2 is 2.12 bits per heavy atom. The van der Waals surface area contributed by atoms with E-state index >= 15 is 0 Å². The first-order chi connectivity index (χ1) is 12.4. The third-order valence-electron chi connectivity index (χ3n) is 4.83. The molecule has 2 heterocycles. The number of aromatic nitrogens is 1. The Bertz CT molecular complexity index is 562. The summed E-state index contributed by atoms with van der Waals surface area (Å²) in [6.45, 7) is 14.7. The third-order valence-corrected chi connectivity index (χ3v) is 6.89. The number of nitrogens with one attached hydrogen (secondary N) is 2. The predicted octanol–water partition coefficient (Wildman–Crippen LogP) is 3.36. The van der Waals surface area contributed by atoms with E-state index in [2.05, 4.69) is 59.8 Å². The van der Waals surface area contributed by atoms with Crippen molar-refractivity contribution in [2.75, 3.05) is 39.0 Å². The summed E-state index contributed by atoms with van der Waals surface area (Å²) in [5.41, 5.74) is 1.22. The lowest BCUT2D eigenvalue weighted by Gasteiger charge is -2.32. The van der Waals surface area contributed by atoms with Gasteiger partial charge in [0.25, 0.3) is 0 Å². The number of thiazole rings is 1. The molecule has 0 amide bonds. The molecule has 1 aromatic rings. The maximum absolute atomic E-state index is 4.77. The second-order valence-electron chi connectivity index (χ2n) is 7.62. The van der Waals surface area contributed by atoms with Gasteiger partial charge >= 0.3 is 0 Å². The van der Waals surface area contributed by atoms with E-state index in [-0.39, 0.29) is 4.75 Å². The SMILES string of the molecule is CCNC(=NCC(C)(C)SC)NCC1CCN(Cc2csc(C)n2)CC1. The van der Waals surface area contributed by atoms with E-state index in [1.807, 2.05) is 11.8 Å². The monoisotopic (exact) mass is 397 g/mol. The first-order valence-corrected chi connectivity index (χ1v) is 11.7. The number of thioether (sulfide) groups is 1. The number of aliphatic imine (C=N–C) groups is 1. The standard InChI is InChI=1S/C19H35N5S2/c1-6-20-18(22-14-19(3,4)25-5)21-11-16-7-9-24(10-8-16)12-17-13-26-15(2)23-17/h13,16H,6-12,14H2,1-5H3,(H2,20,21,22). The molecule has 0 spiro atoms. The molecule has 0 atom stereocenters. The van der Waals surface area contributed by atoms with Gasteiger partial charge in [-0.15, -0.1) is 11.3 Å². The van der Waals surface area contributed by atoms with E-state index in [1.165, 1.54) is 23.5 Å². The quantitative estimate of drug-likeness (QED) is 0.520. The lowest BCUT2D eigenvalue weighted by molar-refractivity contribution is 0.176. The molecule has 0 saturated carbocycles. The molecule has 0 unspecified atom stereocenters. The van der Waals surface area contributed by atoms with Gasteiger partial charge in [-0.1, -0.05) is 0 Å². The molecule has 1 aliphatic rings. The normalized spacial score (nSPS) is 17.5. The van der Waals surface area contributed by atoms with Gasteiger partial charge in [0.1, 0.15) is 0 Å². The van der Waals surface area contributed by atoms with Crippen molar-refractivity contribution in [3.05, 3.63) is 16.1 Å². The number of hydrogen-bond donors (Lipinski definition) is 2. The largest absolute Gasteiger partial charge is 0.357 e. The third kappa shape index (κ3) is 7.45. The van der Waals surface area contributed by atoms with Crippen molar-refractivity contribution < 1.29 is 0 Å². The van der Waals surface area contributed by atoms with Gasteiger partial charge in [0, 0.05) is 29.8 Å². The van der Waals surface area contributed by atoms with E-state index < -0.39 is 0 Å². The molecule has 1 aliphatic heterocycles. The fraction of sp³-hybridized carbons (Fsp3) is 0.789. The van der Waals surface area contributed by atoms with Gasteiger partial charge in [-0.05, 0) is 65.8 Å². The van der Waals surface area contributed by atoms with Crippen molar-refractivity contribution in [1.29, 1.82) is 0 Å². The van der Waals surface area contributed by atoms with Crippen LogP contribution in [0.25, 0.3) is 0 Å². The van der Waals surface area contributed by atoms with E-state index in [1.54, 1.807) is 11.3 Å². The number of hydrogen-bond acceptors (Lipinski definition) is 5. The van der Waals surface area contributed by atoms with Gasteiger partial charge < -0.3 is 10.6 Å². The minimum Gasteiger partial charge on any atom is -0.357 e. The van der Waals surface area contributed by atoms with Crippen molar-refractivity contribution in [1.82, 2.24) is 20.5 Å². The van der Waals surface area contributed by atoms with E-state index in [0.29, 0.717) is 0 Å². The van der Waals surface area contributed by atoms with Crippen LogP contribution in [0.4, 0.5) is 0 Å². The summed E-state index contributed by atoms with van der Waals surface area (Å²) in [5.74, 6) is 1.68. The Kier molecular flexibility index (Phi) is 8.70. The number of rotatable bonds is 8. The molecule has 0 aromatic carbocycles. The van der Waals surface area contributed by atoms with Crippen LogP contribution in [0.15, 0.2) is 10.4 Å². The van der Waals surface area contributed by atoms with Crippen LogP contribution in [0.1, 0.15) is 44.3 Å². The average molecular weight is 398 g/mol. The van der Waals surface area contributed by atoms with Crippen LogP contribution < -0.4 is 10.6 Å². The molecule has 7 heteroatoms. The molecule has 148 valence electrons. The van der Waals surface area contributed by atoms with Crippen molar-refractivity contribution >= 4 is 29.1 Å². The van der Waals surface area contributed by atoms with Crippen LogP contribution in [0, 0.1) is 12.8 Å². The Morgan fingerprint density at radius 3 is 2.69 bits per heavy atom. The summed E-state index contributed by atoms with van der Waals surface area (Å²) in [6.07, 6.45) is 4.63. The molecule has 1 fully saturated rings. The molecule has 2 rings (SSSR count). The van der Waals surface area contributed by atoms with Crippen LogP contribution in [-0.4, -0.2) is 59.6 Å². The molecule has 0 aliphatic carbocycles. The molecule has 0 radical (unpaired) electrons. The molecular formula is C19H35N5S2. The Hall–Kier alpha value is -0.790. The highest BCUT2D eigenvalue weighted by atomic mass is 32.2. The summed E-state index contributed by atoms with van der Waals surface area (Å²) in [6, 6.07) is 0. The summed E-state index contributed by atoms with van der Waals surface area (Å²) in [5, 5.41) is 10.3. The topological polar surface area (TPSA) is 52.6 Å². The molecule has 1 saturated heterocycles. The van der Waals surface area contributed by atoms with E-state index in [4.69, 9.17) is 4.99 Å². The van der Waals surface area contributed by atoms with Crippen LogP contribution >= 0.6 is 23.1 Å². The fourth-order valence-corrected chi connectivity index (χ4v) is 3.77. The van der Waals surface area contributed by atoms with Gasteiger partial charge in [0.15, 0.2) is 5.96 Å². The summed E-state index contributed by atoms with van der Waals surface area (Å²) < 4.78 is 0.182. The van der Waals surface area contributed by atoms with Gasteiger partial charge in [-0.25, -0.2) is 4.98 Å². The van der Waals surface area contributed by atoms with Gasteiger partial charge in [0.2, 0.25) is 0 Å². The minimum absolute atomic E-state index is 0.182. The van der Waals surface area contributed by atoms with E-state index in [9.17, 15) is 0 Å². The molecule has 1 aromatic heterocycles. The number of aryl methyl sites for hydroxylation is 1. The average Bonchev–Trinajstić information content (AvgIpc) is 3.03. The van der Waals surface area contributed by atoms with Crippen LogP contribution in [0.3, 0.4) is 0 Å². The second kappa shape index (κ2) is 10.5. The number of piperidine rings is 1. The Balaban J connectivity index is 1.74. The van der Waals surface area contributed by atoms with Crippen molar-refractivity contribution in [2.45, 2.75) is 51.8 Å². The van der Waals surface area contributed by atoms with Crippen molar-refractivity contribution in [3.8, 4) is 0 Å². The highest BCUT2D eigenvalue weighted by molar-refractivity contribution is 7.99. The zero-order valence-corrected chi connectivity index (χ0v) is 18.6. The first kappa shape index (κ1) is 21.5. The van der Waals surface area contributed by atoms with Gasteiger partial charge in [0.05, 0.1) is 17.2 Å². The maximum atomic E-state index is 4.77. The van der Waals surface area contributed by atoms with Crippen LogP contribution in [0.5, 0.6) is 0 Å². The Morgan fingerprint density at radius 1 is 1.38 bits per heavy atom. The smallest absolute Gasteiger partial charge is 0.191 e. The minimum atomic E-state index is 0.182. The maximum Gasteiger partial charge on any atom is 0.191 e. The zero-order valence-electron chi connectivity index (χ0n) is 17.0. The van der Waals surface area contributed by atoms with Crippen LogP contribution in [-0.2, 0) is 6.54 Å². The molecular weight excluding hydrogens is 362 g/mol. The summed E-state index contributed by atoms with van der Waals surface area (Å²) >= 11 is 3.61. The zero-order chi connectivity index (χ0) is 19.0. The van der Waals surface area contributed by atoms with Crippen molar-refractivity contribution in [3.63, 3.8) is 0 Å². The highest BCUT2D eigenvalue weighted by Gasteiger charge is 2.20. The lowest BCUT2D eigenvalue weighted by Crippen LogP contribution is -2.43. The number of guanidine groups is 1. The molecule has 0 bridgehead atoms. The van der Waals surface area contributed by atoms with Crippen molar-refractivity contribution in [2.24, 2.45) is 10.9 Å². The fourth-order valence-electron chi connectivity index (χ4n) is 2.98. The summed E-state index contributed by atoms with van der Waals surface area (Å²) in [7, 11) is 0. The second-order valence-corrected chi connectivity index (χ2v) is 10.2. The first-order valence-electron chi connectivity index (χ1n) is 9.62. The highest BCUT2D eigenvalue weighted by Crippen LogP contribution is 2.21. The number of nitrogens with zero attached hydrogens (tertiary/aromatic N) is 3. The predicted molar refractivity (Wildman–Crippen MR) is 116 cm³/mol. The van der Waals surface area contributed by atoms with Crippen LogP contribution in [0.2, 0.25) is 0 Å². The van der Waals surface area contributed by atoms with E-state index in [0.717, 1.165) is 51.1 Å². The molecule has 26 heavy (non-hydrogen) atoms. The Labute approximate surface area is 167 Å². The molecule has 5 nitrogen and oxygen atoms in total. The van der Waals surface area contributed by atoms with Gasteiger partial charge in [-0.2, -0.15) is 11.8 Å².